The molecule has 8 fully saturated rings. The Morgan fingerprint density at radius 2 is 0.431 bits per heavy atom. The van der Waals surface area contributed by atoms with Gasteiger partial charge in [0.2, 0.25) is 0 Å². The molecule has 0 aromatic heterocycles. The van der Waals surface area contributed by atoms with Gasteiger partial charge in [0, 0.05) is 22.5 Å². The molecule has 30 N–H and O–H groups in total. The SMILES string of the molecule is O=C(Nc1cc(CCO[C@@H]2O[C@H](CO)[C@@H](O[C@@H]3O[C@H](CO)[C@H](O)[C@H](O)[C@H]3O)[C@H](O)[C@H]2O)cc(CCO[C@@H]2O[C@H](CO)[C@@H](O[C@@H]3O[C@H](CO)[C@H](O)[C@H](O)[C@H]3O)[C@H](O)[C@H]2O)c1)c1ccc(-c2ccc(C(=O)Nc3cc(CCO[C@@H]4O[C@H](CO)[C@@H](O[C@@H]5O[C@H](CO)[C@H](O)[C@H](O)[C@H]5O)[C@H](O)[C@H]4O)cc(CCO[C@@H]4O[C@H](CO)[C@@H](O[C@@H]5O[C@H](CO)[C@H](O)[C@H](O)[C@H]5O)[C@H](O)[C@H]4O)c3)cc2)cc1. The fraction of sp³-hybridized carbons (Fsp3) is 0.683. The van der Waals surface area contributed by atoms with Crippen molar-refractivity contribution in [2.75, 3.05) is 89.9 Å². The van der Waals surface area contributed by atoms with Crippen LogP contribution in [0.15, 0.2) is 84.9 Å². The summed E-state index contributed by atoms with van der Waals surface area (Å²) in [6.45, 7) is -7.77. The largest absolute Gasteiger partial charge is 0.394 e. The number of carbonyl (C=O) groups is 2. The van der Waals surface area contributed by atoms with Crippen molar-refractivity contribution in [3.8, 4) is 11.1 Å². The first-order valence-corrected chi connectivity index (χ1v) is 42.1. The molecule has 8 heterocycles. The van der Waals surface area contributed by atoms with E-state index in [9.17, 15) is 153 Å². The zero-order chi connectivity index (χ0) is 94.0. The van der Waals surface area contributed by atoms with Gasteiger partial charge in [-0.3, -0.25) is 9.59 Å². The molecule has 730 valence electrons. The highest BCUT2D eigenvalue weighted by Crippen LogP contribution is 2.37. The van der Waals surface area contributed by atoms with Crippen LogP contribution in [0, 0.1) is 0 Å². The molecule has 130 heavy (non-hydrogen) atoms. The Kier molecular flexibility index (Phi) is 37.0. The van der Waals surface area contributed by atoms with Crippen LogP contribution in [0.4, 0.5) is 11.4 Å². The molecular formula is C82H116N2O46. The second-order valence-corrected chi connectivity index (χ2v) is 32.6. The van der Waals surface area contributed by atoms with Crippen LogP contribution >= 0.6 is 0 Å². The molecule has 12 rings (SSSR count). The molecule has 0 aliphatic carbocycles. The molecule has 4 aromatic carbocycles. The first-order valence-electron chi connectivity index (χ1n) is 42.1. The van der Waals surface area contributed by atoms with Crippen LogP contribution in [-0.2, 0) is 101 Å². The van der Waals surface area contributed by atoms with E-state index in [0.29, 0.717) is 33.4 Å². The number of aliphatic hydroxyl groups excluding tert-OH is 28. The quantitative estimate of drug-likeness (QED) is 0.0199. The average molecular weight is 1870 g/mol. The van der Waals surface area contributed by atoms with Crippen molar-refractivity contribution in [3.63, 3.8) is 0 Å². The van der Waals surface area contributed by atoms with Gasteiger partial charge in [-0.2, -0.15) is 0 Å². The Hall–Kier alpha value is -5.94. The molecule has 48 nitrogen and oxygen atoms in total. The lowest BCUT2D eigenvalue weighted by Gasteiger charge is -2.46. The number of hydrogen-bond donors (Lipinski definition) is 30. The van der Waals surface area contributed by atoms with Crippen molar-refractivity contribution in [2.45, 2.75) is 271 Å². The molecular weight excluding hydrogens is 1750 g/mol. The molecule has 2 amide bonds. The van der Waals surface area contributed by atoms with E-state index in [0.717, 1.165) is 0 Å². The van der Waals surface area contributed by atoms with Crippen LogP contribution in [-0.4, -0.2) is 480 Å². The number of rotatable bonds is 37. The average Bonchev–Trinajstić information content (AvgIpc) is 0.776. The molecule has 0 unspecified atom stereocenters. The highest BCUT2D eigenvalue weighted by Gasteiger charge is 2.57. The van der Waals surface area contributed by atoms with Gasteiger partial charge in [0.25, 0.3) is 11.8 Å². The standard InChI is InChI=1S/C82H116N2O46/c85-23-41-49(93)53(97)61(105)79(119-41)127-69-45(27-89)123-75(65(109)57(69)101)115-13-9-31-17-32(10-14-116-76-66(110)58(102)70(46(28-90)124-76)128-80-62(106)54(98)50(94)42(24-86)120-80)20-39(19-31)83-73(113)37-5-1-35(2-6-37)36-3-7-38(8-4-36)74(114)84-40-21-33(11-15-117-77-67(111)59(103)71(47(29-91)125-77)129-81-63(107)55(99)51(95)43(25-87)121-81)18-34(22-40)12-16-118-78-68(112)60(104)72(48(30-92)126-78)130-82-64(108)56(100)52(96)44(26-88)122-82/h1-8,17-22,41-72,75-82,85-112H,9-16,23-30H2,(H,83,113)(H,84,114)/t41-,42-,43-,44-,45-,46-,47-,48-,49+,50+,51+,52+,53+,54+,55+,56+,57-,58-,59-,60-,61-,62-,63-,64-,65-,66-,67-,68-,69-,70-,71-,72-,75-,76-,77-,78-,79+,80+,81+,82+/m1/s1. The summed E-state index contributed by atoms with van der Waals surface area (Å²) in [5.74, 6) is -1.24. The summed E-state index contributed by atoms with van der Waals surface area (Å²) in [6, 6.07) is 22.3. The van der Waals surface area contributed by atoms with Gasteiger partial charge in [0.15, 0.2) is 50.3 Å². The zero-order valence-electron chi connectivity index (χ0n) is 69.4. The summed E-state index contributed by atoms with van der Waals surface area (Å²) in [5.41, 5.74) is 3.74. The minimum Gasteiger partial charge on any atom is -0.394 e. The molecule has 0 saturated carbocycles. The number of hydrogen-bond acceptors (Lipinski definition) is 46. The zero-order valence-corrected chi connectivity index (χ0v) is 69.4. The van der Waals surface area contributed by atoms with E-state index in [-0.39, 0.29) is 74.6 Å². The maximum atomic E-state index is 14.2. The number of anilines is 2. The Bertz CT molecular complexity index is 3710. The monoisotopic (exact) mass is 1860 g/mol. The van der Waals surface area contributed by atoms with Crippen LogP contribution in [0.5, 0.6) is 0 Å². The maximum absolute atomic E-state index is 14.2. The Morgan fingerprint density at radius 3 is 0.631 bits per heavy atom. The van der Waals surface area contributed by atoms with Crippen molar-refractivity contribution in [1.29, 1.82) is 0 Å². The third kappa shape index (κ3) is 23.8. The van der Waals surface area contributed by atoms with Crippen molar-refractivity contribution < 1.29 is 228 Å². The van der Waals surface area contributed by atoms with Crippen molar-refractivity contribution in [3.05, 3.63) is 118 Å². The molecule has 48 heteroatoms. The van der Waals surface area contributed by atoms with Gasteiger partial charge in [0.05, 0.1) is 79.3 Å². The van der Waals surface area contributed by atoms with Crippen LogP contribution in [0.1, 0.15) is 43.0 Å². The lowest BCUT2D eigenvalue weighted by molar-refractivity contribution is -0.359. The first-order chi connectivity index (χ1) is 62.2. The molecule has 40 atom stereocenters. The van der Waals surface area contributed by atoms with Crippen molar-refractivity contribution in [2.24, 2.45) is 0 Å². The van der Waals surface area contributed by atoms with Gasteiger partial charge in [-0.15, -0.1) is 0 Å². The molecule has 0 bridgehead atoms. The first kappa shape index (κ1) is 103. The smallest absolute Gasteiger partial charge is 0.255 e. The normalized spacial score (nSPS) is 40.2. The molecule has 8 aliphatic heterocycles. The van der Waals surface area contributed by atoms with Crippen molar-refractivity contribution in [1.82, 2.24) is 0 Å². The minimum absolute atomic E-state index is 0.0117. The van der Waals surface area contributed by atoms with Crippen LogP contribution < -0.4 is 10.6 Å². The Morgan fingerprint density at radius 1 is 0.238 bits per heavy atom. The fourth-order valence-corrected chi connectivity index (χ4v) is 16.2. The Labute approximate surface area is 739 Å². The second kappa shape index (κ2) is 46.7. The Balaban J connectivity index is 0.709. The predicted octanol–water partition coefficient (Wildman–Crippen LogP) is -13.4. The summed E-state index contributed by atoms with van der Waals surface area (Å²) < 4.78 is 91.0. The summed E-state index contributed by atoms with van der Waals surface area (Å²) in [4.78, 5) is 28.5. The van der Waals surface area contributed by atoms with Crippen LogP contribution in [0.3, 0.4) is 0 Å². The topological polar surface area (TPSA) is 772 Å². The lowest BCUT2D eigenvalue weighted by atomic mass is 9.97. The summed E-state index contributed by atoms with van der Waals surface area (Å²) in [7, 11) is 0. The van der Waals surface area contributed by atoms with E-state index in [4.69, 9.17) is 75.8 Å². The summed E-state index contributed by atoms with van der Waals surface area (Å²) >= 11 is 0. The molecule has 8 aliphatic rings. The second-order valence-electron chi connectivity index (χ2n) is 32.6. The van der Waals surface area contributed by atoms with Crippen LogP contribution in [0.25, 0.3) is 11.1 Å². The molecule has 8 saturated heterocycles. The van der Waals surface area contributed by atoms with E-state index < -0.39 is 310 Å². The van der Waals surface area contributed by atoms with Gasteiger partial charge >= 0.3 is 0 Å². The maximum Gasteiger partial charge on any atom is 0.255 e. The predicted molar refractivity (Wildman–Crippen MR) is 425 cm³/mol. The van der Waals surface area contributed by atoms with Gasteiger partial charge in [-0.1, -0.05) is 36.4 Å². The van der Waals surface area contributed by atoms with E-state index in [1.807, 2.05) is 0 Å². The number of nitrogens with one attached hydrogen (secondary N) is 2. The highest BCUT2D eigenvalue weighted by molar-refractivity contribution is 6.05. The number of amides is 2. The molecule has 0 spiro atoms. The van der Waals surface area contributed by atoms with Gasteiger partial charge in [0.1, 0.15) is 195 Å². The van der Waals surface area contributed by atoms with Gasteiger partial charge in [-0.25, -0.2) is 0 Å². The van der Waals surface area contributed by atoms with E-state index >= 15 is 0 Å². The van der Waals surface area contributed by atoms with Gasteiger partial charge < -0.3 is 229 Å². The summed E-state index contributed by atoms with van der Waals surface area (Å²) in [6.07, 6.45) is -69.1. The highest BCUT2D eigenvalue weighted by atomic mass is 16.8. The summed E-state index contributed by atoms with van der Waals surface area (Å²) in [5, 5.41) is 301. The third-order valence-corrected chi connectivity index (χ3v) is 23.8. The molecule has 4 aromatic rings. The van der Waals surface area contributed by atoms with E-state index in [1.165, 1.54) is 24.3 Å². The number of carbonyl (C=O) groups excluding carboxylic acids is 2. The molecule has 0 radical (unpaired) electrons. The van der Waals surface area contributed by atoms with Gasteiger partial charge in [-0.05, 0) is 108 Å². The van der Waals surface area contributed by atoms with E-state index in [2.05, 4.69) is 10.6 Å². The van der Waals surface area contributed by atoms with E-state index in [1.54, 1.807) is 60.7 Å². The van der Waals surface area contributed by atoms with Crippen LogP contribution in [0.2, 0.25) is 0 Å². The number of benzene rings is 4. The third-order valence-electron chi connectivity index (χ3n) is 23.8. The number of aliphatic hydroxyl groups is 28. The number of ether oxygens (including phenoxy) is 16. The van der Waals surface area contributed by atoms with Crippen molar-refractivity contribution >= 4 is 23.2 Å². The minimum atomic E-state index is -1.92. The lowest BCUT2D eigenvalue weighted by Crippen LogP contribution is -2.64. The fourth-order valence-electron chi connectivity index (χ4n) is 16.2.